The highest BCUT2D eigenvalue weighted by molar-refractivity contribution is 5.96. The van der Waals surface area contributed by atoms with E-state index in [1.54, 1.807) is 11.8 Å². The molecule has 2 aromatic rings. The molecular weight excluding hydrogens is 360 g/mol. The smallest absolute Gasteiger partial charge is 0.323 e. The zero-order valence-electron chi connectivity index (χ0n) is 14.8. The Morgan fingerprint density at radius 1 is 1.19 bits per heavy atom. The van der Waals surface area contributed by atoms with Gasteiger partial charge in [-0.05, 0) is 43.1 Å². The fraction of sp³-hybridized carbons (Fsp3) is 0.350. The van der Waals surface area contributed by atoms with E-state index in [1.807, 2.05) is 30.3 Å². The fourth-order valence-electron chi connectivity index (χ4n) is 3.39. The Morgan fingerprint density at radius 2 is 1.89 bits per heavy atom. The van der Waals surface area contributed by atoms with Crippen LogP contribution in [0.1, 0.15) is 17.5 Å². The third-order valence-electron chi connectivity index (χ3n) is 4.94. The van der Waals surface area contributed by atoms with Gasteiger partial charge in [0.2, 0.25) is 5.91 Å². The molecule has 0 spiro atoms. The SMILES string of the molecule is Cc1ccc(F)c(NC(=O)C2(C(F)(F)F)CCN(Cc3ccccc3)C2)c1. The van der Waals surface area contributed by atoms with Crippen molar-refractivity contribution in [1.29, 1.82) is 0 Å². The molecule has 0 saturated carbocycles. The van der Waals surface area contributed by atoms with E-state index in [0.717, 1.165) is 11.6 Å². The number of benzene rings is 2. The number of halogens is 4. The van der Waals surface area contributed by atoms with Crippen LogP contribution in [0.5, 0.6) is 0 Å². The number of nitrogens with zero attached hydrogens (tertiary/aromatic N) is 1. The summed E-state index contributed by atoms with van der Waals surface area (Å²) in [5.41, 5.74) is -1.27. The van der Waals surface area contributed by atoms with Crippen molar-refractivity contribution in [3.05, 3.63) is 65.5 Å². The lowest BCUT2D eigenvalue weighted by atomic mass is 9.85. The number of hydrogen-bond acceptors (Lipinski definition) is 2. The van der Waals surface area contributed by atoms with Crippen LogP contribution in [0.25, 0.3) is 0 Å². The van der Waals surface area contributed by atoms with Gasteiger partial charge in [-0.15, -0.1) is 0 Å². The summed E-state index contributed by atoms with van der Waals surface area (Å²) in [6, 6.07) is 13.1. The van der Waals surface area contributed by atoms with Gasteiger partial charge in [0, 0.05) is 13.1 Å². The molecule has 144 valence electrons. The van der Waals surface area contributed by atoms with Gasteiger partial charge in [0.1, 0.15) is 5.82 Å². The summed E-state index contributed by atoms with van der Waals surface area (Å²) in [5, 5.41) is 2.16. The number of amides is 1. The van der Waals surface area contributed by atoms with E-state index in [4.69, 9.17) is 0 Å². The monoisotopic (exact) mass is 380 g/mol. The van der Waals surface area contributed by atoms with Gasteiger partial charge in [0.25, 0.3) is 0 Å². The molecule has 1 amide bonds. The molecule has 3 rings (SSSR count). The van der Waals surface area contributed by atoms with Gasteiger partial charge < -0.3 is 5.32 Å². The predicted molar refractivity (Wildman–Crippen MR) is 94.6 cm³/mol. The van der Waals surface area contributed by atoms with E-state index < -0.39 is 29.9 Å². The highest BCUT2D eigenvalue weighted by Gasteiger charge is 2.63. The third-order valence-corrected chi connectivity index (χ3v) is 4.94. The van der Waals surface area contributed by atoms with Crippen LogP contribution >= 0.6 is 0 Å². The number of anilines is 1. The maximum Gasteiger partial charge on any atom is 0.404 e. The first-order valence-corrected chi connectivity index (χ1v) is 8.62. The van der Waals surface area contributed by atoms with E-state index in [1.165, 1.54) is 12.1 Å². The minimum atomic E-state index is -4.73. The Labute approximate surface area is 155 Å². The summed E-state index contributed by atoms with van der Waals surface area (Å²) >= 11 is 0. The zero-order chi connectivity index (χ0) is 19.7. The van der Waals surface area contributed by atoms with Crippen LogP contribution in [-0.4, -0.2) is 30.1 Å². The van der Waals surface area contributed by atoms with E-state index in [9.17, 15) is 22.4 Å². The van der Waals surface area contributed by atoms with Gasteiger partial charge in [-0.2, -0.15) is 13.2 Å². The van der Waals surface area contributed by atoms with Crippen LogP contribution in [0, 0.1) is 18.2 Å². The molecule has 1 aliphatic rings. The summed E-state index contributed by atoms with van der Waals surface area (Å²) in [6.45, 7) is 1.68. The topological polar surface area (TPSA) is 32.3 Å². The van der Waals surface area contributed by atoms with Crippen LogP contribution in [0.15, 0.2) is 48.5 Å². The Balaban J connectivity index is 1.81. The number of aryl methyl sites for hydroxylation is 1. The Hall–Kier alpha value is -2.41. The number of hydrogen-bond donors (Lipinski definition) is 1. The van der Waals surface area contributed by atoms with Crippen molar-refractivity contribution >= 4 is 11.6 Å². The van der Waals surface area contributed by atoms with E-state index >= 15 is 0 Å². The molecule has 27 heavy (non-hydrogen) atoms. The fourth-order valence-corrected chi connectivity index (χ4v) is 3.39. The van der Waals surface area contributed by atoms with E-state index in [0.29, 0.717) is 12.1 Å². The molecule has 0 bridgehead atoms. The molecule has 0 aromatic heterocycles. The lowest BCUT2D eigenvalue weighted by Gasteiger charge is -2.30. The first-order chi connectivity index (χ1) is 12.7. The van der Waals surface area contributed by atoms with Crippen LogP contribution in [-0.2, 0) is 11.3 Å². The number of rotatable bonds is 4. The molecule has 1 heterocycles. The van der Waals surface area contributed by atoms with Gasteiger partial charge in [-0.1, -0.05) is 36.4 Å². The Kier molecular flexibility index (Phi) is 5.24. The van der Waals surface area contributed by atoms with E-state index in [2.05, 4.69) is 5.32 Å². The van der Waals surface area contributed by atoms with Crippen LogP contribution in [0.2, 0.25) is 0 Å². The lowest BCUT2D eigenvalue weighted by Crippen LogP contribution is -2.50. The summed E-state index contributed by atoms with van der Waals surface area (Å²) < 4.78 is 55.5. The van der Waals surface area contributed by atoms with Crippen molar-refractivity contribution in [2.75, 3.05) is 18.4 Å². The minimum Gasteiger partial charge on any atom is -0.323 e. The van der Waals surface area contributed by atoms with Crippen molar-refractivity contribution in [3.8, 4) is 0 Å². The number of likely N-dealkylation sites (tertiary alicyclic amines) is 1. The van der Waals surface area contributed by atoms with Crippen molar-refractivity contribution in [2.45, 2.75) is 26.1 Å². The maximum atomic E-state index is 13.9. The first kappa shape index (κ1) is 19.4. The third kappa shape index (κ3) is 3.98. The standard InChI is InChI=1S/C20H20F4N2O/c1-14-7-8-16(21)17(11-14)25-18(27)19(20(22,23)24)9-10-26(13-19)12-15-5-3-2-4-6-15/h2-8,11H,9-10,12-13H2,1H3,(H,25,27). The molecule has 1 N–H and O–H groups in total. The number of carbonyl (C=O) groups is 1. The summed E-state index contributed by atoms with van der Waals surface area (Å²) in [5.74, 6) is -1.97. The average Bonchev–Trinajstić information content (AvgIpc) is 3.04. The van der Waals surface area contributed by atoms with Gasteiger partial charge in [0.15, 0.2) is 5.41 Å². The quantitative estimate of drug-likeness (QED) is 0.791. The summed E-state index contributed by atoms with van der Waals surface area (Å²) in [4.78, 5) is 14.2. The Morgan fingerprint density at radius 3 is 2.56 bits per heavy atom. The summed E-state index contributed by atoms with van der Waals surface area (Å²) in [7, 11) is 0. The average molecular weight is 380 g/mol. The normalized spacial score (nSPS) is 20.6. The molecule has 0 radical (unpaired) electrons. The molecule has 0 aliphatic carbocycles. The number of nitrogens with one attached hydrogen (secondary N) is 1. The number of alkyl halides is 3. The van der Waals surface area contributed by atoms with Crippen LogP contribution < -0.4 is 5.32 Å². The lowest BCUT2D eigenvalue weighted by molar-refractivity contribution is -0.215. The molecule has 7 heteroatoms. The second kappa shape index (κ2) is 7.31. The molecule has 1 saturated heterocycles. The second-order valence-electron chi connectivity index (χ2n) is 6.96. The highest BCUT2D eigenvalue weighted by Crippen LogP contribution is 2.46. The van der Waals surface area contributed by atoms with E-state index in [-0.39, 0.29) is 18.7 Å². The predicted octanol–water partition coefficient (Wildman–Crippen LogP) is 4.53. The van der Waals surface area contributed by atoms with Gasteiger partial charge in [0.05, 0.1) is 5.69 Å². The van der Waals surface area contributed by atoms with Crippen LogP contribution in [0.3, 0.4) is 0 Å². The second-order valence-corrected chi connectivity index (χ2v) is 6.96. The molecule has 2 aromatic carbocycles. The summed E-state index contributed by atoms with van der Waals surface area (Å²) in [6.07, 6.45) is -5.09. The van der Waals surface area contributed by atoms with Gasteiger partial charge in [-0.3, -0.25) is 9.69 Å². The van der Waals surface area contributed by atoms with Crippen molar-refractivity contribution in [1.82, 2.24) is 4.90 Å². The van der Waals surface area contributed by atoms with Crippen molar-refractivity contribution in [2.24, 2.45) is 5.41 Å². The molecule has 1 unspecified atom stereocenters. The maximum absolute atomic E-state index is 13.9. The molecule has 1 fully saturated rings. The van der Waals surface area contributed by atoms with Crippen LogP contribution in [0.4, 0.5) is 23.2 Å². The molecule has 1 atom stereocenters. The first-order valence-electron chi connectivity index (χ1n) is 8.62. The van der Waals surface area contributed by atoms with Crippen molar-refractivity contribution in [3.63, 3.8) is 0 Å². The largest absolute Gasteiger partial charge is 0.404 e. The molecule has 1 aliphatic heterocycles. The molecule has 3 nitrogen and oxygen atoms in total. The van der Waals surface area contributed by atoms with Gasteiger partial charge >= 0.3 is 6.18 Å². The number of carbonyl (C=O) groups excluding carboxylic acids is 1. The zero-order valence-corrected chi connectivity index (χ0v) is 14.8. The van der Waals surface area contributed by atoms with Crippen molar-refractivity contribution < 1.29 is 22.4 Å². The van der Waals surface area contributed by atoms with Gasteiger partial charge in [-0.25, -0.2) is 4.39 Å². The minimum absolute atomic E-state index is 0.137. The highest BCUT2D eigenvalue weighted by atomic mass is 19.4. The molecular formula is C20H20F4N2O. The Bertz CT molecular complexity index is 822.